The van der Waals surface area contributed by atoms with E-state index in [1.54, 1.807) is 45.0 Å². The maximum Gasteiger partial charge on any atom is 0.408 e. The summed E-state index contributed by atoms with van der Waals surface area (Å²) in [4.78, 5) is 50.7. The summed E-state index contributed by atoms with van der Waals surface area (Å²) in [5.41, 5.74) is 3.87. The highest BCUT2D eigenvalue weighted by atomic mass is 16.6. The van der Waals surface area contributed by atoms with Gasteiger partial charge in [0, 0.05) is 13.5 Å². The minimum atomic E-state index is -1.04. The topological polar surface area (TPSA) is 148 Å². The number of hydrogen-bond donors (Lipinski definition) is 4. The number of carbonyl (C=O) groups is 2. The molecule has 5 N–H and O–H groups in total. The SMILES string of the molecule is Cn1c(NC(=O)C(Cc2ccccc2)NC(=O)OC(C)(C)C)c(N)c(=O)[nH]c1=O. The van der Waals surface area contributed by atoms with Crippen molar-refractivity contribution in [1.29, 1.82) is 0 Å². The number of carbonyl (C=O) groups excluding carboxylic acids is 2. The van der Waals surface area contributed by atoms with Crippen molar-refractivity contribution in [2.24, 2.45) is 7.05 Å². The summed E-state index contributed by atoms with van der Waals surface area (Å²) in [6.07, 6.45) is -0.621. The van der Waals surface area contributed by atoms with Gasteiger partial charge in [0.05, 0.1) is 0 Å². The van der Waals surface area contributed by atoms with E-state index in [9.17, 15) is 19.2 Å². The first kappa shape index (κ1) is 21.7. The number of alkyl carbamates (subject to hydrolysis) is 1. The fraction of sp³-hybridized carbons (Fsp3) is 0.368. The third-order valence-corrected chi connectivity index (χ3v) is 3.89. The van der Waals surface area contributed by atoms with Gasteiger partial charge in [0.15, 0.2) is 0 Å². The molecule has 0 spiro atoms. The van der Waals surface area contributed by atoms with Crippen molar-refractivity contribution in [3.05, 3.63) is 56.7 Å². The Morgan fingerprint density at radius 1 is 1.21 bits per heavy atom. The lowest BCUT2D eigenvalue weighted by Crippen LogP contribution is -2.47. The molecule has 1 unspecified atom stereocenters. The Morgan fingerprint density at radius 3 is 2.41 bits per heavy atom. The molecule has 10 heteroatoms. The van der Waals surface area contributed by atoms with Crippen LogP contribution in [-0.2, 0) is 23.0 Å². The van der Waals surface area contributed by atoms with Crippen LogP contribution in [-0.4, -0.2) is 33.2 Å². The fourth-order valence-corrected chi connectivity index (χ4v) is 2.50. The second-order valence-electron chi connectivity index (χ2n) is 7.46. The third-order valence-electron chi connectivity index (χ3n) is 3.89. The van der Waals surface area contributed by atoms with Crippen LogP contribution < -0.4 is 27.6 Å². The molecule has 156 valence electrons. The summed E-state index contributed by atoms with van der Waals surface area (Å²) >= 11 is 0. The Kier molecular flexibility index (Phi) is 6.47. The molecule has 0 aliphatic rings. The van der Waals surface area contributed by atoms with Gasteiger partial charge in [-0.25, -0.2) is 9.59 Å². The number of ether oxygens (including phenoxy) is 1. The van der Waals surface area contributed by atoms with Gasteiger partial charge in [0.2, 0.25) is 5.91 Å². The summed E-state index contributed by atoms with van der Waals surface area (Å²) in [7, 11) is 1.34. The first-order valence-corrected chi connectivity index (χ1v) is 8.91. The van der Waals surface area contributed by atoms with Crippen molar-refractivity contribution in [2.75, 3.05) is 11.1 Å². The van der Waals surface area contributed by atoms with Crippen LogP contribution in [0.25, 0.3) is 0 Å². The molecule has 1 aromatic heterocycles. The van der Waals surface area contributed by atoms with E-state index in [-0.39, 0.29) is 17.9 Å². The Bertz CT molecular complexity index is 970. The van der Waals surface area contributed by atoms with Crippen LogP contribution in [0.1, 0.15) is 26.3 Å². The standard InChI is InChI=1S/C19H25N5O5/c1-19(2,3)29-18(28)21-12(10-11-8-6-5-7-9-11)15(25)22-14-13(20)16(26)23-17(27)24(14)4/h5-9,12H,10,20H2,1-4H3,(H,21,28)(H,22,25)(H,23,26,27). The fourth-order valence-electron chi connectivity index (χ4n) is 2.50. The highest BCUT2D eigenvalue weighted by molar-refractivity contribution is 5.98. The minimum absolute atomic E-state index is 0.156. The summed E-state index contributed by atoms with van der Waals surface area (Å²) in [6, 6.07) is 7.99. The van der Waals surface area contributed by atoms with Crippen LogP contribution in [0, 0.1) is 0 Å². The molecule has 2 amide bonds. The molecule has 0 saturated carbocycles. The molecule has 0 radical (unpaired) electrons. The van der Waals surface area contributed by atoms with E-state index in [2.05, 4.69) is 10.6 Å². The number of hydrogen-bond acceptors (Lipinski definition) is 6. The molecule has 1 aromatic carbocycles. The molecule has 0 aliphatic heterocycles. The van der Waals surface area contributed by atoms with Crippen molar-refractivity contribution in [1.82, 2.24) is 14.9 Å². The van der Waals surface area contributed by atoms with Gasteiger partial charge in [-0.05, 0) is 26.3 Å². The van der Waals surface area contributed by atoms with Gasteiger partial charge in [-0.15, -0.1) is 0 Å². The van der Waals surface area contributed by atoms with E-state index in [1.807, 2.05) is 11.1 Å². The number of H-pyrrole nitrogens is 1. The van der Waals surface area contributed by atoms with Crippen LogP contribution in [0.15, 0.2) is 39.9 Å². The summed E-state index contributed by atoms with van der Waals surface area (Å²) < 4.78 is 6.23. The number of amides is 2. The van der Waals surface area contributed by atoms with Crippen molar-refractivity contribution < 1.29 is 14.3 Å². The highest BCUT2D eigenvalue weighted by Crippen LogP contribution is 2.13. The van der Waals surface area contributed by atoms with E-state index >= 15 is 0 Å². The van der Waals surface area contributed by atoms with Crippen molar-refractivity contribution >= 4 is 23.5 Å². The first-order chi connectivity index (χ1) is 13.5. The van der Waals surface area contributed by atoms with E-state index in [0.717, 1.165) is 10.1 Å². The van der Waals surface area contributed by atoms with Crippen LogP contribution in [0.4, 0.5) is 16.3 Å². The van der Waals surface area contributed by atoms with E-state index in [0.29, 0.717) is 0 Å². The van der Waals surface area contributed by atoms with Crippen molar-refractivity contribution in [2.45, 2.75) is 38.8 Å². The molecule has 29 heavy (non-hydrogen) atoms. The average Bonchev–Trinajstić information content (AvgIpc) is 2.62. The lowest BCUT2D eigenvalue weighted by molar-refractivity contribution is -0.118. The number of anilines is 2. The quantitative estimate of drug-likeness (QED) is 0.578. The molecule has 1 heterocycles. The monoisotopic (exact) mass is 403 g/mol. The molecular weight excluding hydrogens is 378 g/mol. The van der Waals surface area contributed by atoms with Gasteiger partial charge in [-0.3, -0.25) is 19.1 Å². The minimum Gasteiger partial charge on any atom is -0.444 e. The summed E-state index contributed by atoms with van der Waals surface area (Å²) in [5, 5.41) is 4.98. The zero-order chi connectivity index (χ0) is 21.8. The van der Waals surface area contributed by atoms with Crippen LogP contribution in [0.2, 0.25) is 0 Å². The maximum absolute atomic E-state index is 12.9. The van der Waals surface area contributed by atoms with Crippen molar-refractivity contribution in [3.63, 3.8) is 0 Å². The number of nitrogens with zero attached hydrogens (tertiary/aromatic N) is 1. The molecule has 0 bridgehead atoms. The van der Waals surface area contributed by atoms with Gasteiger partial charge in [0.1, 0.15) is 23.1 Å². The largest absolute Gasteiger partial charge is 0.444 e. The second kappa shape index (κ2) is 8.63. The molecule has 2 rings (SSSR count). The molecule has 2 aromatic rings. The predicted octanol–water partition coefficient (Wildman–Crippen LogP) is 0.730. The first-order valence-electron chi connectivity index (χ1n) is 8.91. The zero-order valence-electron chi connectivity index (χ0n) is 16.7. The molecule has 0 aliphatic carbocycles. The maximum atomic E-state index is 12.9. The Hall–Kier alpha value is -3.56. The van der Waals surface area contributed by atoms with E-state index < -0.39 is 34.9 Å². The number of nitrogens with one attached hydrogen (secondary N) is 3. The van der Waals surface area contributed by atoms with Crippen molar-refractivity contribution in [3.8, 4) is 0 Å². The van der Waals surface area contributed by atoms with Gasteiger partial charge >= 0.3 is 11.8 Å². The highest BCUT2D eigenvalue weighted by Gasteiger charge is 2.26. The normalized spacial score (nSPS) is 12.1. The van der Waals surface area contributed by atoms with Gasteiger partial charge in [-0.1, -0.05) is 30.3 Å². The number of nitrogens with two attached hydrogens (primary N) is 1. The van der Waals surface area contributed by atoms with Crippen LogP contribution in [0.5, 0.6) is 0 Å². The average molecular weight is 403 g/mol. The number of nitrogen functional groups attached to an aromatic ring is 1. The van der Waals surface area contributed by atoms with Gasteiger partial charge in [-0.2, -0.15) is 0 Å². The van der Waals surface area contributed by atoms with Crippen LogP contribution in [0.3, 0.4) is 0 Å². The lowest BCUT2D eigenvalue weighted by Gasteiger charge is -2.24. The van der Waals surface area contributed by atoms with Crippen LogP contribution >= 0.6 is 0 Å². The Balaban J connectivity index is 2.30. The molecule has 1 atom stereocenters. The summed E-state index contributed by atoms with van der Waals surface area (Å²) in [6.45, 7) is 5.10. The molecule has 0 saturated heterocycles. The molecule has 0 fully saturated rings. The zero-order valence-corrected chi connectivity index (χ0v) is 16.7. The lowest BCUT2D eigenvalue weighted by atomic mass is 10.1. The number of aromatic amines is 1. The smallest absolute Gasteiger partial charge is 0.408 e. The van der Waals surface area contributed by atoms with Gasteiger partial charge < -0.3 is 21.1 Å². The summed E-state index contributed by atoms with van der Waals surface area (Å²) in [5.74, 6) is -0.820. The number of benzene rings is 1. The molecule has 10 nitrogen and oxygen atoms in total. The predicted molar refractivity (Wildman–Crippen MR) is 109 cm³/mol. The second-order valence-corrected chi connectivity index (χ2v) is 7.46. The third kappa shape index (κ3) is 5.96. The Labute approximate surface area is 167 Å². The number of rotatable bonds is 5. The van der Waals surface area contributed by atoms with E-state index in [4.69, 9.17) is 10.5 Å². The number of aromatic nitrogens is 2. The van der Waals surface area contributed by atoms with Gasteiger partial charge in [0.25, 0.3) is 5.56 Å². The molecular formula is C19H25N5O5. The Morgan fingerprint density at radius 2 is 1.83 bits per heavy atom. The van der Waals surface area contributed by atoms with E-state index in [1.165, 1.54) is 7.05 Å².